The number of rotatable bonds is 3. The lowest BCUT2D eigenvalue weighted by atomic mass is 10.1. The van der Waals surface area contributed by atoms with E-state index in [-0.39, 0.29) is 9.79 Å². The van der Waals surface area contributed by atoms with Crippen LogP contribution in [0.1, 0.15) is 0 Å². The summed E-state index contributed by atoms with van der Waals surface area (Å²) in [6.45, 7) is 0. The predicted molar refractivity (Wildman–Crippen MR) is 78.0 cm³/mol. The zero-order chi connectivity index (χ0) is 15.0. The number of benzene rings is 2. The predicted octanol–water partition coefficient (Wildman–Crippen LogP) is 3.21. The highest BCUT2D eigenvalue weighted by Crippen LogP contribution is 2.25. The Morgan fingerprint density at radius 1 is 0.550 bits per heavy atom. The van der Waals surface area contributed by atoms with Crippen molar-refractivity contribution in [2.24, 2.45) is 0 Å². The van der Waals surface area contributed by atoms with Crippen molar-refractivity contribution in [2.45, 2.75) is 9.79 Å². The molecule has 0 aliphatic carbocycles. The highest BCUT2D eigenvalue weighted by atomic mass is 35.7. The molecule has 0 spiro atoms. The highest BCUT2D eigenvalue weighted by molar-refractivity contribution is 8.14. The van der Waals surface area contributed by atoms with Gasteiger partial charge in [-0.05, 0) is 35.4 Å². The lowest BCUT2D eigenvalue weighted by Crippen LogP contribution is -1.91. The Morgan fingerprint density at radius 2 is 0.800 bits per heavy atom. The van der Waals surface area contributed by atoms with E-state index in [0.717, 1.165) is 11.1 Å². The van der Waals surface area contributed by atoms with Crippen molar-refractivity contribution in [3.8, 4) is 11.1 Å². The minimum absolute atomic E-state index is 0.00266. The van der Waals surface area contributed by atoms with Crippen LogP contribution in [0.15, 0.2) is 58.3 Å². The summed E-state index contributed by atoms with van der Waals surface area (Å²) in [7, 11) is 2.93. The average molecular weight is 351 g/mol. The third-order valence-electron chi connectivity index (χ3n) is 2.61. The van der Waals surface area contributed by atoms with Crippen molar-refractivity contribution in [1.82, 2.24) is 0 Å². The van der Waals surface area contributed by atoms with Crippen molar-refractivity contribution >= 4 is 39.5 Å². The number of hydrogen-bond acceptors (Lipinski definition) is 4. The smallest absolute Gasteiger partial charge is 0.207 e. The van der Waals surface area contributed by atoms with Crippen LogP contribution in [0, 0.1) is 0 Å². The zero-order valence-electron chi connectivity index (χ0n) is 9.82. The van der Waals surface area contributed by atoms with E-state index in [0.29, 0.717) is 0 Å². The molecule has 0 aliphatic rings. The van der Waals surface area contributed by atoms with E-state index in [1.54, 1.807) is 24.3 Å². The molecular formula is C12H8Cl2O4S2. The summed E-state index contributed by atoms with van der Waals surface area (Å²) in [5.74, 6) is 0. The van der Waals surface area contributed by atoms with Crippen LogP contribution in [-0.4, -0.2) is 16.8 Å². The van der Waals surface area contributed by atoms with Gasteiger partial charge in [-0.1, -0.05) is 24.3 Å². The Labute approximate surface area is 125 Å². The van der Waals surface area contributed by atoms with Gasteiger partial charge in [0, 0.05) is 21.4 Å². The van der Waals surface area contributed by atoms with Crippen molar-refractivity contribution in [3.63, 3.8) is 0 Å². The lowest BCUT2D eigenvalue weighted by molar-refractivity contribution is 0.608. The maximum absolute atomic E-state index is 11.1. The third kappa shape index (κ3) is 3.52. The average Bonchev–Trinajstić information content (AvgIpc) is 2.37. The van der Waals surface area contributed by atoms with Gasteiger partial charge in [-0.2, -0.15) is 0 Å². The van der Waals surface area contributed by atoms with Gasteiger partial charge in [0.15, 0.2) is 0 Å². The molecule has 8 heteroatoms. The maximum atomic E-state index is 11.1. The van der Waals surface area contributed by atoms with Crippen molar-refractivity contribution in [1.29, 1.82) is 0 Å². The molecule has 0 saturated carbocycles. The van der Waals surface area contributed by atoms with Crippen LogP contribution < -0.4 is 0 Å². The number of hydrogen-bond donors (Lipinski definition) is 0. The van der Waals surface area contributed by atoms with Crippen LogP contribution in [0.2, 0.25) is 0 Å². The van der Waals surface area contributed by atoms with E-state index in [4.69, 9.17) is 21.4 Å². The Bertz CT molecular complexity index is 751. The highest BCUT2D eigenvalue weighted by Gasteiger charge is 2.11. The second kappa shape index (κ2) is 5.37. The Kier molecular flexibility index (Phi) is 4.11. The standard InChI is InChI=1S/C12H8Cl2O4S2/c13-19(15,16)11-5-1-9(2-6-11)10-3-7-12(8-4-10)20(14,17)18/h1-8H. The van der Waals surface area contributed by atoms with Gasteiger partial charge < -0.3 is 0 Å². The monoisotopic (exact) mass is 350 g/mol. The molecule has 4 nitrogen and oxygen atoms in total. The topological polar surface area (TPSA) is 68.3 Å². The molecule has 20 heavy (non-hydrogen) atoms. The summed E-state index contributed by atoms with van der Waals surface area (Å²) in [6.07, 6.45) is 0. The molecule has 0 fully saturated rings. The summed E-state index contributed by atoms with van der Waals surface area (Å²) in [4.78, 5) is 0.00532. The van der Waals surface area contributed by atoms with Crippen LogP contribution in [-0.2, 0) is 18.1 Å². The Hall–Kier alpha value is -1.08. The molecule has 2 aromatic rings. The Balaban J connectivity index is 2.38. The van der Waals surface area contributed by atoms with Gasteiger partial charge >= 0.3 is 0 Å². The van der Waals surface area contributed by atoms with Gasteiger partial charge in [-0.3, -0.25) is 0 Å². The molecule has 0 bridgehead atoms. The summed E-state index contributed by atoms with van der Waals surface area (Å²) in [5.41, 5.74) is 1.46. The summed E-state index contributed by atoms with van der Waals surface area (Å²) in [5, 5.41) is 0. The van der Waals surface area contributed by atoms with E-state index in [1.165, 1.54) is 24.3 Å². The first kappa shape index (κ1) is 15.3. The minimum atomic E-state index is -3.75. The van der Waals surface area contributed by atoms with Crippen molar-refractivity contribution in [2.75, 3.05) is 0 Å². The molecule has 0 saturated heterocycles. The molecule has 0 amide bonds. The molecule has 2 aromatic carbocycles. The van der Waals surface area contributed by atoms with Crippen LogP contribution in [0.3, 0.4) is 0 Å². The van der Waals surface area contributed by atoms with Crippen LogP contribution >= 0.6 is 21.4 Å². The quantitative estimate of drug-likeness (QED) is 0.797. The summed E-state index contributed by atoms with van der Waals surface area (Å²) in [6, 6.07) is 11.8. The molecule has 0 radical (unpaired) electrons. The second-order valence-corrected chi connectivity index (χ2v) is 9.06. The molecular weight excluding hydrogens is 343 g/mol. The second-order valence-electron chi connectivity index (χ2n) is 3.92. The molecule has 0 N–H and O–H groups in total. The molecule has 0 unspecified atom stereocenters. The van der Waals surface area contributed by atoms with E-state index in [2.05, 4.69) is 0 Å². The van der Waals surface area contributed by atoms with Gasteiger partial charge in [-0.15, -0.1) is 0 Å². The molecule has 0 aliphatic heterocycles. The first-order valence-electron chi connectivity index (χ1n) is 5.28. The first-order valence-corrected chi connectivity index (χ1v) is 9.89. The fourth-order valence-electron chi connectivity index (χ4n) is 1.62. The van der Waals surface area contributed by atoms with E-state index < -0.39 is 18.1 Å². The molecule has 0 heterocycles. The van der Waals surface area contributed by atoms with Crippen LogP contribution in [0.5, 0.6) is 0 Å². The molecule has 2 rings (SSSR count). The van der Waals surface area contributed by atoms with Crippen LogP contribution in [0.25, 0.3) is 11.1 Å². The summed E-state index contributed by atoms with van der Waals surface area (Å²) < 4.78 is 44.5. The largest absolute Gasteiger partial charge is 0.261 e. The van der Waals surface area contributed by atoms with Gasteiger partial charge in [0.2, 0.25) is 0 Å². The molecule has 0 atom stereocenters. The zero-order valence-corrected chi connectivity index (χ0v) is 13.0. The van der Waals surface area contributed by atoms with Gasteiger partial charge in [0.05, 0.1) is 9.79 Å². The number of halogens is 2. The SMILES string of the molecule is O=S(=O)(Cl)c1ccc(-c2ccc(S(=O)(=O)Cl)cc2)cc1. The lowest BCUT2D eigenvalue weighted by Gasteiger charge is -2.03. The van der Waals surface area contributed by atoms with Crippen molar-refractivity contribution < 1.29 is 16.8 Å². The van der Waals surface area contributed by atoms with Gasteiger partial charge in [0.25, 0.3) is 18.1 Å². The normalized spacial score (nSPS) is 12.3. The van der Waals surface area contributed by atoms with E-state index >= 15 is 0 Å². The van der Waals surface area contributed by atoms with Crippen LogP contribution in [0.4, 0.5) is 0 Å². The fourth-order valence-corrected chi connectivity index (χ4v) is 3.16. The fraction of sp³-hybridized carbons (Fsp3) is 0. The molecule has 0 aromatic heterocycles. The minimum Gasteiger partial charge on any atom is -0.207 e. The maximum Gasteiger partial charge on any atom is 0.261 e. The van der Waals surface area contributed by atoms with Crippen molar-refractivity contribution in [3.05, 3.63) is 48.5 Å². The van der Waals surface area contributed by atoms with Gasteiger partial charge in [-0.25, -0.2) is 16.8 Å². The summed E-state index contributed by atoms with van der Waals surface area (Å²) >= 11 is 0. The van der Waals surface area contributed by atoms with E-state index in [9.17, 15) is 16.8 Å². The molecule has 106 valence electrons. The van der Waals surface area contributed by atoms with Gasteiger partial charge in [0.1, 0.15) is 0 Å². The first-order chi connectivity index (χ1) is 9.18. The Morgan fingerprint density at radius 3 is 1.00 bits per heavy atom. The van der Waals surface area contributed by atoms with E-state index in [1.807, 2.05) is 0 Å². The third-order valence-corrected chi connectivity index (χ3v) is 5.34.